The fourth-order valence-corrected chi connectivity index (χ4v) is 4.72. The quantitative estimate of drug-likeness (QED) is 0.831. The molecular formula is C17H23N3O3S. The molecule has 1 aromatic carbocycles. The van der Waals surface area contributed by atoms with Crippen molar-refractivity contribution in [2.75, 3.05) is 20.2 Å². The fraction of sp³-hybridized carbons (Fsp3) is 0.471. The van der Waals surface area contributed by atoms with E-state index in [4.69, 9.17) is 4.74 Å². The molecule has 3 rings (SSSR count). The third-order valence-corrected chi connectivity index (χ3v) is 6.48. The molecule has 2 heterocycles. The predicted octanol–water partition coefficient (Wildman–Crippen LogP) is 2.30. The maximum Gasteiger partial charge on any atom is 0.243 e. The molecule has 7 heteroatoms. The van der Waals surface area contributed by atoms with Gasteiger partial charge in [0.2, 0.25) is 10.0 Å². The molecule has 0 bridgehead atoms. The minimum absolute atomic E-state index is 0.339. The van der Waals surface area contributed by atoms with E-state index in [1.807, 2.05) is 23.9 Å². The van der Waals surface area contributed by atoms with E-state index in [2.05, 4.69) is 5.10 Å². The van der Waals surface area contributed by atoms with Gasteiger partial charge >= 0.3 is 0 Å². The molecule has 0 unspecified atom stereocenters. The van der Waals surface area contributed by atoms with Crippen LogP contribution < -0.4 is 4.74 Å². The normalized spacial score (nSPS) is 17.1. The Morgan fingerprint density at radius 1 is 1.29 bits per heavy atom. The number of sulfonamides is 1. The van der Waals surface area contributed by atoms with Crippen molar-refractivity contribution in [1.29, 1.82) is 0 Å². The lowest BCUT2D eigenvalue weighted by Gasteiger charge is -2.31. The molecule has 0 radical (unpaired) electrons. The Morgan fingerprint density at radius 3 is 2.62 bits per heavy atom. The monoisotopic (exact) mass is 349 g/mol. The van der Waals surface area contributed by atoms with Gasteiger partial charge < -0.3 is 4.74 Å². The third-order valence-electron chi connectivity index (χ3n) is 4.58. The van der Waals surface area contributed by atoms with Crippen molar-refractivity contribution < 1.29 is 13.2 Å². The van der Waals surface area contributed by atoms with E-state index in [9.17, 15) is 8.42 Å². The van der Waals surface area contributed by atoms with Crippen molar-refractivity contribution in [3.05, 3.63) is 42.2 Å². The second-order valence-corrected chi connectivity index (χ2v) is 8.14. The van der Waals surface area contributed by atoms with Crippen LogP contribution in [0.25, 0.3) is 0 Å². The number of hydrogen-bond donors (Lipinski definition) is 0. The summed E-state index contributed by atoms with van der Waals surface area (Å²) >= 11 is 0. The molecule has 0 spiro atoms. The first-order chi connectivity index (χ1) is 11.5. The van der Waals surface area contributed by atoms with E-state index in [0.717, 1.165) is 24.9 Å². The predicted molar refractivity (Wildman–Crippen MR) is 91.4 cm³/mol. The standard InChI is InChI=1S/C17H23N3O3S/c1-14-12-16(4-5-17(14)23-2)24(21,22)20-10-6-15(7-11-20)13-19-9-3-8-18-19/h3-5,8-9,12,15H,6-7,10-11,13H2,1-2H3. The van der Waals surface area contributed by atoms with Crippen molar-refractivity contribution in [2.24, 2.45) is 5.92 Å². The molecule has 0 aliphatic carbocycles. The van der Waals surface area contributed by atoms with Gasteiger partial charge in [-0.15, -0.1) is 0 Å². The van der Waals surface area contributed by atoms with Gasteiger partial charge in [0.25, 0.3) is 0 Å². The van der Waals surface area contributed by atoms with Gasteiger partial charge in [-0.1, -0.05) is 0 Å². The van der Waals surface area contributed by atoms with Gasteiger partial charge in [0.1, 0.15) is 5.75 Å². The number of rotatable bonds is 5. The summed E-state index contributed by atoms with van der Waals surface area (Å²) in [6, 6.07) is 6.93. The van der Waals surface area contributed by atoms with Gasteiger partial charge in [-0.2, -0.15) is 9.40 Å². The van der Waals surface area contributed by atoms with Crippen molar-refractivity contribution in [3.8, 4) is 5.75 Å². The van der Waals surface area contributed by atoms with Crippen LogP contribution in [-0.4, -0.2) is 42.7 Å². The second-order valence-electron chi connectivity index (χ2n) is 6.21. The SMILES string of the molecule is COc1ccc(S(=O)(=O)N2CCC(Cn3cccn3)CC2)cc1C. The fourth-order valence-electron chi connectivity index (χ4n) is 3.17. The van der Waals surface area contributed by atoms with Crippen molar-refractivity contribution in [1.82, 2.24) is 14.1 Å². The number of hydrogen-bond acceptors (Lipinski definition) is 4. The Kier molecular flexibility index (Phi) is 4.91. The highest BCUT2D eigenvalue weighted by molar-refractivity contribution is 7.89. The molecule has 0 saturated carbocycles. The summed E-state index contributed by atoms with van der Waals surface area (Å²) in [5, 5.41) is 4.22. The molecule has 0 N–H and O–H groups in total. The second kappa shape index (κ2) is 6.94. The van der Waals surface area contributed by atoms with Crippen LogP contribution in [0.2, 0.25) is 0 Å². The van der Waals surface area contributed by atoms with Gasteiger partial charge in [0.15, 0.2) is 0 Å². The highest BCUT2D eigenvalue weighted by Gasteiger charge is 2.29. The smallest absolute Gasteiger partial charge is 0.243 e. The van der Waals surface area contributed by atoms with Crippen LogP contribution >= 0.6 is 0 Å². The van der Waals surface area contributed by atoms with Crippen LogP contribution in [0.1, 0.15) is 18.4 Å². The van der Waals surface area contributed by atoms with E-state index in [1.165, 1.54) is 0 Å². The minimum Gasteiger partial charge on any atom is -0.496 e. The maximum atomic E-state index is 12.8. The summed E-state index contributed by atoms with van der Waals surface area (Å²) in [5.74, 6) is 1.17. The number of aryl methyl sites for hydroxylation is 1. The molecule has 1 aromatic heterocycles. The average Bonchev–Trinajstić information content (AvgIpc) is 3.08. The molecule has 130 valence electrons. The molecule has 0 atom stereocenters. The summed E-state index contributed by atoms with van der Waals surface area (Å²) in [6.07, 6.45) is 5.43. The van der Waals surface area contributed by atoms with Crippen LogP contribution in [0.4, 0.5) is 0 Å². The lowest BCUT2D eigenvalue weighted by molar-refractivity contribution is 0.247. The maximum absolute atomic E-state index is 12.8. The Labute approximate surface area is 143 Å². The summed E-state index contributed by atoms with van der Waals surface area (Å²) in [7, 11) is -1.86. The summed E-state index contributed by atoms with van der Waals surface area (Å²) in [4.78, 5) is 0.339. The van der Waals surface area contributed by atoms with Crippen LogP contribution in [0.5, 0.6) is 5.75 Å². The first-order valence-corrected chi connectivity index (χ1v) is 9.57. The van der Waals surface area contributed by atoms with Crippen molar-refractivity contribution in [2.45, 2.75) is 31.2 Å². The molecule has 6 nitrogen and oxygen atoms in total. The van der Waals surface area contributed by atoms with Gasteiger partial charge in [0, 0.05) is 32.0 Å². The Balaban J connectivity index is 1.67. The molecule has 2 aromatic rings. The van der Waals surface area contributed by atoms with Gasteiger partial charge in [0.05, 0.1) is 12.0 Å². The topological polar surface area (TPSA) is 64.4 Å². The summed E-state index contributed by atoms with van der Waals surface area (Å²) in [5.41, 5.74) is 0.826. The van der Waals surface area contributed by atoms with Gasteiger partial charge in [-0.25, -0.2) is 8.42 Å². The van der Waals surface area contributed by atoms with E-state index in [-0.39, 0.29) is 0 Å². The highest BCUT2D eigenvalue weighted by Crippen LogP contribution is 2.27. The Hall–Kier alpha value is -1.86. The van der Waals surface area contributed by atoms with Crippen molar-refractivity contribution in [3.63, 3.8) is 0 Å². The van der Waals surface area contributed by atoms with Crippen LogP contribution in [0.15, 0.2) is 41.6 Å². The molecular weight excluding hydrogens is 326 g/mol. The number of aromatic nitrogens is 2. The molecule has 24 heavy (non-hydrogen) atoms. The lowest BCUT2D eigenvalue weighted by atomic mass is 9.98. The first-order valence-electron chi connectivity index (χ1n) is 8.13. The third kappa shape index (κ3) is 3.47. The number of piperidine rings is 1. The van der Waals surface area contributed by atoms with E-state index in [1.54, 1.807) is 35.8 Å². The first kappa shape index (κ1) is 17.0. The van der Waals surface area contributed by atoms with Crippen LogP contribution in [0, 0.1) is 12.8 Å². The Bertz CT molecular complexity index is 779. The van der Waals surface area contributed by atoms with Crippen LogP contribution in [0.3, 0.4) is 0 Å². The molecule has 0 amide bonds. The summed E-state index contributed by atoms with van der Waals surface area (Å²) < 4.78 is 34.4. The van der Waals surface area contributed by atoms with Crippen molar-refractivity contribution >= 4 is 10.0 Å². The van der Waals surface area contributed by atoms with Gasteiger partial charge in [-0.3, -0.25) is 4.68 Å². The number of benzene rings is 1. The molecule has 1 saturated heterocycles. The van der Waals surface area contributed by atoms with E-state index in [0.29, 0.717) is 29.7 Å². The number of ether oxygens (including phenoxy) is 1. The largest absolute Gasteiger partial charge is 0.496 e. The molecule has 1 fully saturated rings. The Morgan fingerprint density at radius 2 is 2.04 bits per heavy atom. The molecule has 1 aliphatic heterocycles. The van der Waals surface area contributed by atoms with E-state index >= 15 is 0 Å². The zero-order chi connectivity index (χ0) is 17.2. The average molecular weight is 349 g/mol. The summed E-state index contributed by atoms with van der Waals surface area (Å²) in [6.45, 7) is 3.81. The van der Waals surface area contributed by atoms with Crippen LogP contribution in [-0.2, 0) is 16.6 Å². The zero-order valence-electron chi connectivity index (χ0n) is 14.1. The van der Waals surface area contributed by atoms with Gasteiger partial charge in [-0.05, 0) is 55.5 Å². The number of nitrogens with zero attached hydrogens (tertiary/aromatic N) is 3. The highest BCUT2D eigenvalue weighted by atomic mass is 32.2. The molecule has 1 aliphatic rings. The lowest BCUT2D eigenvalue weighted by Crippen LogP contribution is -2.39. The van der Waals surface area contributed by atoms with E-state index < -0.39 is 10.0 Å². The minimum atomic E-state index is -3.44. The number of methoxy groups -OCH3 is 1. The zero-order valence-corrected chi connectivity index (χ0v) is 14.9.